The van der Waals surface area contributed by atoms with Crippen molar-refractivity contribution in [3.05, 3.63) is 131 Å². The van der Waals surface area contributed by atoms with E-state index in [0.29, 0.717) is 23.6 Å². The Labute approximate surface area is 257 Å². The van der Waals surface area contributed by atoms with Crippen molar-refractivity contribution in [1.29, 1.82) is 0 Å². The number of halogens is 2. The average molecular weight is 622 g/mol. The first-order valence-corrected chi connectivity index (χ1v) is 15.7. The fraction of sp³-hybridized carbons (Fsp3) is 0.212. The van der Waals surface area contributed by atoms with Gasteiger partial charge in [-0.1, -0.05) is 79.2 Å². The molecule has 4 aromatic carbocycles. The molecule has 0 heterocycles. The van der Waals surface area contributed by atoms with Gasteiger partial charge in [0, 0.05) is 24.5 Å². The topological polar surface area (TPSA) is 86.8 Å². The normalized spacial score (nSPS) is 11.9. The summed E-state index contributed by atoms with van der Waals surface area (Å²) in [5, 5.41) is 3.29. The monoisotopic (exact) mass is 621 g/mol. The quantitative estimate of drug-likeness (QED) is 0.203. The van der Waals surface area contributed by atoms with E-state index in [4.69, 9.17) is 11.6 Å². The van der Waals surface area contributed by atoms with Crippen LogP contribution in [0.25, 0.3) is 0 Å². The van der Waals surface area contributed by atoms with Crippen molar-refractivity contribution in [3.8, 4) is 0 Å². The SMILES string of the molecule is CCCNC(=O)[C@@H](Cc1ccccc1)N(Cc1ccc(F)cc1)C(=O)CN(c1ccc(Cl)cc1)S(=O)(=O)c1ccccc1. The molecular weight excluding hydrogens is 589 g/mol. The molecule has 7 nitrogen and oxygen atoms in total. The van der Waals surface area contributed by atoms with Crippen LogP contribution in [0.1, 0.15) is 24.5 Å². The van der Waals surface area contributed by atoms with Gasteiger partial charge in [0.05, 0.1) is 10.6 Å². The molecule has 4 rings (SSSR count). The zero-order valence-corrected chi connectivity index (χ0v) is 25.3. The Morgan fingerprint density at radius 1 is 0.837 bits per heavy atom. The lowest BCUT2D eigenvalue weighted by Gasteiger charge is -2.34. The summed E-state index contributed by atoms with van der Waals surface area (Å²) in [6.07, 6.45) is 0.880. The van der Waals surface area contributed by atoms with Crippen LogP contribution in [0.3, 0.4) is 0 Å². The van der Waals surface area contributed by atoms with Crippen LogP contribution in [-0.4, -0.2) is 44.3 Å². The molecule has 43 heavy (non-hydrogen) atoms. The first kappa shape index (κ1) is 31.7. The van der Waals surface area contributed by atoms with Crippen LogP contribution < -0.4 is 9.62 Å². The van der Waals surface area contributed by atoms with Gasteiger partial charge in [-0.15, -0.1) is 0 Å². The van der Waals surface area contributed by atoms with E-state index >= 15 is 0 Å². The lowest BCUT2D eigenvalue weighted by atomic mass is 10.0. The molecule has 0 aliphatic rings. The first-order valence-electron chi connectivity index (χ1n) is 13.9. The number of nitrogens with one attached hydrogen (secondary N) is 1. The molecular formula is C33H33ClFN3O4S. The van der Waals surface area contributed by atoms with E-state index in [1.165, 1.54) is 53.4 Å². The van der Waals surface area contributed by atoms with Gasteiger partial charge in [0.1, 0.15) is 18.4 Å². The molecule has 0 radical (unpaired) electrons. The summed E-state index contributed by atoms with van der Waals surface area (Å²) < 4.78 is 42.6. The Kier molecular flexibility index (Phi) is 10.9. The second-order valence-corrected chi connectivity index (χ2v) is 12.2. The van der Waals surface area contributed by atoms with E-state index in [2.05, 4.69) is 5.32 Å². The molecule has 1 N–H and O–H groups in total. The van der Waals surface area contributed by atoms with E-state index in [-0.39, 0.29) is 29.5 Å². The smallest absolute Gasteiger partial charge is 0.264 e. The van der Waals surface area contributed by atoms with Gasteiger partial charge in [-0.25, -0.2) is 12.8 Å². The van der Waals surface area contributed by atoms with Crippen LogP contribution in [0.5, 0.6) is 0 Å². The number of rotatable bonds is 13. The number of amides is 2. The van der Waals surface area contributed by atoms with Gasteiger partial charge in [-0.3, -0.25) is 13.9 Å². The number of carbonyl (C=O) groups is 2. The largest absolute Gasteiger partial charge is 0.354 e. The molecule has 0 bridgehead atoms. The van der Waals surface area contributed by atoms with Crippen molar-refractivity contribution in [2.75, 3.05) is 17.4 Å². The highest BCUT2D eigenvalue weighted by Gasteiger charge is 2.34. The number of hydrogen-bond acceptors (Lipinski definition) is 4. The number of carbonyl (C=O) groups excluding carboxylic acids is 2. The predicted octanol–water partition coefficient (Wildman–Crippen LogP) is 5.84. The van der Waals surface area contributed by atoms with Crippen LogP contribution >= 0.6 is 11.6 Å². The molecule has 0 saturated carbocycles. The van der Waals surface area contributed by atoms with Crippen molar-refractivity contribution >= 4 is 39.1 Å². The predicted molar refractivity (Wildman–Crippen MR) is 167 cm³/mol. The molecule has 4 aromatic rings. The number of benzene rings is 4. The maximum Gasteiger partial charge on any atom is 0.264 e. The summed E-state index contributed by atoms with van der Waals surface area (Å²) in [4.78, 5) is 29.3. The summed E-state index contributed by atoms with van der Waals surface area (Å²) in [6.45, 7) is 1.69. The Balaban J connectivity index is 1.78. The Hall–Kier alpha value is -4.21. The Morgan fingerprint density at radius 3 is 2.05 bits per heavy atom. The standard InChI is InChI=1S/C33H33ClFN3O4S/c1-2-21-36-33(40)31(22-25-9-5-3-6-10-25)37(23-26-13-17-28(35)18-14-26)32(39)24-38(29-19-15-27(34)16-20-29)43(41,42)30-11-7-4-8-12-30/h3-20,31H,2,21-24H2,1H3,(H,36,40)/t31-/m1/s1. The fourth-order valence-corrected chi connectivity index (χ4v) is 6.12. The van der Waals surface area contributed by atoms with E-state index in [9.17, 15) is 22.4 Å². The second kappa shape index (κ2) is 14.8. The highest BCUT2D eigenvalue weighted by atomic mass is 35.5. The van der Waals surface area contributed by atoms with Crippen LogP contribution in [0.15, 0.2) is 114 Å². The zero-order chi connectivity index (χ0) is 30.8. The van der Waals surface area contributed by atoms with Gasteiger partial charge in [0.2, 0.25) is 11.8 Å². The number of sulfonamides is 1. The van der Waals surface area contributed by atoms with Gasteiger partial charge in [-0.2, -0.15) is 0 Å². The lowest BCUT2D eigenvalue weighted by molar-refractivity contribution is -0.140. The van der Waals surface area contributed by atoms with Gasteiger partial charge >= 0.3 is 0 Å². The average Bonchev–Trinajstić information content (AvgIpc) is 3.02. The lowest BCUT2D eigenvalue weighted by Crippen LogP contribution is -2.53. The van der Waals surface area contributed by atoms with Crippen molar-refractivity contribution < 1.29 is 22.4 Å². The number of hydrogen-bond donors (Lipinski definition) is 1. The minimum Gasteiger partial charge on any atom is -0.354 e. The molecule has 0 fully saturated rings. The van der Waals surface area contributed by atoms with Crippen molar-refractivity contribution in [1.82, 2.24) is 10.2 Å². The third-order valence-electron chi connectivity index (χ3n) is 6.81. The van der Waals surface area contributed by atoms with Gasteiger partial charge < -0.3 is 10.2 Å². The molecule has 1 atom stereocenters. The molecule has 0 saturated heterocycles. The number of anilines is 1. The molecule has 224 valence electrons. The fourth-order valence-electron chi connectivity index (χ4n) is 4.56. The van der Waals surface area contributed by atoms with E-state index in [0.717, 1.165) is 9.87 Å². The maximum absolute atomic E-state index is 14.3. The molecule has 0 aromatic heterocycles. The molecule has 0 aliphatic heterocycles. The molecule has 0 spiro atoms. The number of nitrogens with zero attached hydrogens (tertiary/aromatic N) is 2. The first-order chi connectivity index (χ1) is 20.7. The van der Waals surface area contributed by atoms with Gasteiger partial charge in [-0.05, 0) is 66.1 Å². The van der Waals surface area contributed by atoms with Crippen molar-refractivity contribution in [2.24, 2.45) is 0 Å². The van der Waals surface area contributed by atoms with Crippen LogP contribution in [-0.2, 0) is 32.6 Å². The van der Waals surface area contributed by atoms with E-state index in [1.807, 2.05) is 37.3 Å². The summed E-state index contributed by atoms with van der Waals surface area (Å²) in [6, 6.07) is 27.9. The van der Waals surface area contributed by atoms with Gasteiger partial charge in [0.15, 0.2) is 0 Å². The summed E-state index contributed by atoms with van der Waals surface area (Å²) in [5.41, 5.74) is 1.64. The highest BCUT2D eigenvalue weighted by Crippen LogP contribution is 2.26. The second-order valence-electron chi connectivity index (χ2n) is 9.95. The van der Waals surface area contributed by atoms with E-state index in [1.54, 1.807) is 30.3 Å². The third kappa shape index (κ3) is 8.43. The van der Waals surface area contributed by atoms with Crippen LogP contribution in [0, 0.1) is 5.82 Å². The molecule has 0 aliphatic carbocycles. The molecule has 2 amide bonds. The van der Waals surface area contributed by atoms with Crippen molar-refractivity contribution in [3.63, 3.8) is 0 Å². The minimum atomic E-state index is -4.20. The van der Waals surface area contributed by atoms with Crippen LogP contribution in [0.4, 0.5) is 10.1 Å². The Bertz CT molecular complexity index is 1600. The highest BCUT2D eigenvalue weighted by molar-refractivity contribution is 7.92. The molecule has 10 heteroatoms. The summed E-state index contributed by atoms with van der Waals surface area (Å²) >= 11 is 6.09. The molecule has 0 unspecified atom stereocenters. The minimum absolute atomic E-state index is 0.00404. The zero-order valence-electron chi connectivity index (χ0n) is 23.7. The Morgan fingerprint density at radius 2 is 1.44 bits per heavy atom. The van der Waals surface area contributed by atoms with Crippen LogP contribution in [0.2, 0.25) is 5.02 Å². The van der Waals surface area contributed by atoms with Gasteiger partial charge in [0.25, 0.3) is 10.0 Å². The summed E-state index contributed by atoms with van der Waals surface area (Å²) in [5.74, 6) is -1.41. The maximum atomic E-state index is 14.3. The third-order valence-corrected chi connectivity index (χ3v) is 8.85. The summed E-state index contributed by atoms with van der Waals surface area (Å²) in [7, 11) is -4.20. The van der Waals surface area contributed by atoms with Crippen molar-refractivity contribution in [2.45, 2.75) is 37.2 Å². The van der Waals surface area contributed by atoms with E-state index < -0.39 is 34.3 Å².